The van der Waals surface area contributed by atoms with Crippen LogP contribution in [0.15, 0.2) is 42.7 Å². The number of hydrogen-bond donors (Lipinski definition) is 1. The number of hydrogen-bond acceptors (Lipinski definition) is 3. The third-order valence-electron chi connectivity index (χ3n) is 3.33. The smallest absolute Gasteiger partial charge is 0.123 e. The first-order valence-electron chi connectivity index (χ1n) is 6.80. The minimum atomic E-state index is -0.249. The molecule has 0 aliphatic carbocycles. The molecule has 4 heteroatoms. The Labute approximate surface area is 119 Å². The van der Waals surface area contributed by atoms with Gasteiger partial charge >= 0.3 is 0 Å². The fourth-order valence-corrected chi connectivity index (χ4v) is 2.25. The summed E-state index contributed by atoms with van der Waals surface area (Å²) in [4.78, 5) is 6.21. The van der Waals surface area contributed by atoms with Crippen molar-refractivity contribution in [2.24, 2.45) is 5.73 Å². The molecule has 1 aromatic heterocycles. The van der Waals surface area contributed by atoms with E-state index in [9.17, 15) is 4.39 Å². The highest BCUT2D eigenvalue weighted by molar-refractivity contribution is 5.55. The van der Waals surface area contributed by atoms with Gasteiger partial charge in [0.05, 0.1) is 0 Å². The molecule has 20 heavy (non-hydrogen) atoms. The number of halogens is 1. The molecule has 2 rings (SSSR count). The quantitative estimate of drug-likeness (QED) is 0.909. The van der Waals surface area contributed by atoms with E-state index in [0.717, 1.165) is 24.3 Å². The van der Waals surface area contributed by atoms with Crippen LogP contribution in [-0.2, 0) is 6.54 Å². The number of nitrogens with zero attached hydrogens (tertiary/aromatic N) is 2. The Bertz CT molecular complexity index is 555. The van der Waals surface area contributed by atoms with E-state index in [4.69, 9.17) is 5.73 Å². The van der Waals surface area contributed by atoms with Gasteiger partial charge in [-0.05, 0) is 55.3 Å². The molecule has 0 aliphatic heterocycles. The van der Waals surface area contributed by atoms with Crippen molar-refractivity contribution >= 4 is 5.69 Å². The van der Waals surface area contributed by atoms with Crippen molar-refractivity contribution in [3.63, 3.8) is 0 Å². The van der Waals surface area contributed by atoms with Crippen LogP contribution in [0.25, 0.3) is 0 Å². The molecule has 0 radical (unpaired) electrons. The van der Waals surface area contributed by atoms with Crippen LogP contribution < -0.4 is 10.6 Å². The normalized spacial score (nSPS) is 12.2. The number of benzene rings is 1. The zero-order valence-electron chi connectivity index (χ0n) is 11.9. The van der Waals surface area contributed by atoms with Gasteiger partial charge in [-0.15, -0.1) is 0 Å². The lowest BCUT2D eigenvalue weighted by Crippen LogP contribution is -2.24. The van der Waals surface area contributed by atoms with Crippen LogP contribution in [0, 0.1) is 5.82 Å². The van der Waals surface area contributed by atoms with Crippen LogP contribution >= 0.6 is 0 Å². The maximum Gasteiger partial charge on any atom is 0.123 e. The van der Waals surface area contributed by atoms with Gasteiger partial charge in [-0.1, -0.05) is 0 Å². The fourth-order valence-electron chi connectivity index (χ4n) is 2.25. The van der Waals surface area contributed by atoms with Gasteiger partial charge in [0.15, 0.2) is 0 Å². The molecule has 106 valence electrons. The van der Waals surface area contributed by atoms with E-state index in [1.54, 1.807) is 18.5 Å². The monoisotopic (exact) mass is 273 g/mol. The Hall–Kier alpha value is -1.94. The number of rotatable bonds is 5. The second-order valence-corrected chi connectivity index (χ2v) is 4.86. The molecular weight excluding hydrogens is 253 g/mol. The van der Waals surface area contributed by atoms with Gasteiger partial charge in [0.25, 0.3) is 0 Å². The lowest BCUT2D eigenvalue weighted by Gasteiger charge is -2.27. The molecule has 1 aromatic carbocycles. The highest BCUT2D eigenvalue weighted by Gasteiger charge is 2.14. The predicted octanol–water partition coefficient (Wildman–Crippen LogP) is 3.27. The Morgan fingerprint density at radius 3 is 2.55 bits per heavy atom. The lowest BCUT2D eigenvalue weighted by atomic mass is 10.0. The molecule has 1 heterocycles. The third-order valence-corrected chi connectivity index (χ3v) is 3.33. The number of pyridine rings is 1. The molecule has 1 atom stereocenters. The molecular formula is C16H20FN3. The topological polar surface area (TPSA) is 42.2 Å². The minimum Gasteiger partial charge on any atom is -0.367 e. The van der Waals surface area contributed by atoms with Crippen LogP contribution in [0.2, 0.25) is 0 Å². The van der Waals surface area contributed by atoms with Gasteiger partial charge in [-0.25, -0.2) is 4.39 Å². The van der Waals surface area contributed by atoms with Crippen LogP contribution in [0.5, 0.6) is 0 Å². The highest BCUT2D eigenvalue weighted by atomic mass is 19.1. The molecule has 2 aromatic rings. The minimum absolute atomic E-state index is 0.202. The van der Waals surface area contributed by atoms with Gasteiger partial charge in [0.1, 0.15) is 5.82 Å². The predicted molar refractivity (Wildman–Crippen MR) is 80.0 cm³/mol. The largest absolute Gasteiger partial charge is 0.367 e. The SMILES string of the molecule is CCN(Cc1ccncc1)c1ccc(F)cc1[C@H](C)N. The van der Waals surface area contributed by atoms with Crippen molar-refractivity contribution in [3.05, 3.63) is 59.7 Å². The Morgan fingerprint density at radius 2 is 1.95 bits per heavy atom. The molecule has 2 N–H and O–H groups in total. The van der Waals surface area contributed by atoms with E-state index in [1.807, 2.05) is 19.1 Å². The first kappa shape index (κ1) is 14.5. The second kappa shape index (κ2) is 6.48. The van der Waals surface area contributed by atoms with E-state index in [0.29, 0.717) is 0 Å². The van der Waals surface area contributed by atoms with E-state index >= 15 is 0 Å². The first-order chi connectivity index (χ1) is 9.61. The van der Waals surface area contributed by atoms with Crippen molar-refractivity contribution in [1.29, 1.82) is 0 Å². The van der Waals surface area contributed by atoms with Crippen molar-refractivity contribution < 1.29 is 4.39 Å². The zero-order chi connectivity index (χ0) is 14.5. The summed E-state index contributed by atoms with van der Waals surface area (Å²) < 4.78 is 13.4. The third kappa shape index (κ3) is 3.33. The van der Waals surface area contributed by atoms with E-state index in [2.05, 4.69) is 16.8 Å². The summed E-state index contributed by atoms with van der Waals surface area (Å²) in [7, 11) is 0. The Balaban J connectivity index is 2.32. The van der Waals surface area contributed by atoms with E-state index < -0.39 is 0 Å². The molecule has 0 saturated heterocycles. The van der Waals surface area contributed by atoms with Crippen LogP contribution in [0.4, 0.5) is 10.1 Å². The molecule has 0 saturated carbocycles. The number of anilines is 1. The van der Waals surface area contributed by atoms with Crippen molar-refractivity contribution in [1.82, 2.24) is 4.98 Å². The van der Waals surface area contributed by atoms with Gasteiger partial charge in [-0.3, -0.25) is 4.98 Å². The van der Waals surface area contributed by atoms with Gasteiger partial charge in [0, 0.05) is 37.2 Å². The second-order valence-electron chi connectivity index (χ2n) is 4.86. The van der Waals surface area contributed by atoms with Crippen LogP contribution in [0.3, 0.4) is 0 Å². The molecule has 0 bridgehead atoms. The van der Waals surface area contributed by atoms with Crippen molar-refractivity contribution in [2.45, 2.75) is 26.4 Å². The molecule has 0 unspecified atom stereocenters. The van der Waals surface area contributed by atoms with Crippen molar-refractivity contribution in [3.8, 4) is 0 Å². The van der Waals surface area contributed by atoms with E-state index in [1.165, 1.54) is 17.7 Å². The standard InChI is InChI=1S/C16H20FN3/c1-3-20(11-13-6-8-19-9-7-13)16-5-4-14(17)10-15(16)12(2)18/h4-10,12H,3,11,18H2,1-2H3/t12-/m0/s1. The summed E-state index contributed by atoms with van der Waals surface area (Å²) >= 11 is 0. The summed E-state index contributed by atoms with van der Waals surface area (Å²) in [6.45, 7) is 5.53. The average Bonchev–Trinajstić information content (AvgIpc) is 2.46. The highest BCUT2D eigenvalue weighted by Crippen LogP contribution is 2.27. The van der Waals surface area contributed by atoms with Gasteiger partial charge in [-0.2, -0.15) is 0 Å². The fraction of sp³-hybridized carbons (Fsp3) is 0.312. The van der Waals surface area contributed by atoms with Crippen LogP contribution in [0.1, 0.15) is 31.0 Å². The summed E-state index contributed by atoms with van der Waals surface area (Å²) in [6.07, 6.45) is 3.56. The molecule has 0 amide bonds. The zero-order valence-corrected chi connectivity index (χ0v) is 11.9. The number of nitrogens with two attached hydrogens (primary N) is 1. The number of aromatic nitrogens is 1. The summed E-state index contributed by atoms with van der Waals surface area (Å²) in [5.74, 6) is -0.249. The molecule has 0 spiro atoms. The molecule has 3 nitrogen and oxygen atoms in total. The van der Waals surface area contributed by atoms with Crippen molar-refractivity contribution in [2.75, 3.05) is 11.4 Å². The lowest BCUT2D eigenvalue weighted by molar-refractivity contribution is 0.621. The Kier molecular flexibility index (Phi) is 4.69. The van der Waals surface area contributed by atoms with Gasteiger partial charge in [0.2, 0.25) is 0 Å². The summed E-state index contributed by atoms with van der Waals surface area (Å²) in [6, 6.07) is 8.58. The molecule has 0 aliphatic rings. The van der Waals surface area contributed by atoms with Crippen LogP contribution in [-0.4, -0.2) is 11.5 Å². The maximum atomic E-state index is 13.4. The summed E-state index contributed by atoms with van der Waals surface area (Å²) in [5.41, 5.74) is 8.96. The maximum absolute atomic E-state index is 13.4. The van der Waals surface area contributed by atoms with E-state index in [-0.39, 0.29) is 11.9 Å². The average molecular weight is 273 g/mol. The van der Waals surface area contributed by atoms with Gasteiger partial charge < -0.3 is 10.6 Å². The first-order valence-corrected chi connectivity index (χ1v) is 6.80. The molecule has 0 fully saturated rings. The Morgan fingerprint density at radius 1 is 1.25 bits per heavy atom. The summed E-state index contributed by atoms with van der Waals surface area (Å²) in [5, 5.41) is 0.